The van der Waals surface area contributed by atoms with Crippen molar-refractivity contribution in [1.82, 2.24) is 10.2 Å². The van der Waals surface area contributed by atoms with Gasteiger partial charge in [-0.2, -0.15) is 0 Å². The van der Waals surface area contributed by atoms with Crippen LogP contribution >= 0.6 is 0 Å². The van der Waals surface area contributed by atoms with Gasteiger partial charge in [0, 0.05) is 38.1 Å². The summed E-state index contributed by atoms with van der Waals surface area (Å²) in [6.45, 7) is 5.09. The minimum absolute atomic E-state index is 0.109. The molecule has 130 valence electrons. The van der Waals surface area contributed by atoms with E-state index in [1.54, 1.807) is 29.3 Å². The topological polar surface area (TPSA) is 35.6 Å². The maximum atomic E-state index is 12.9. The molecule has 0 radical (unpaired) electrons. The highest BCUT2D eigenvalue weighted by molar-refractivity contribution is 5.76. The second-order valence-corrected chi connectivity index (χ2v) is 6.15. The summed E-state index contributed by atoms with van der Waals surface area (Å²) in [5.74, 6) is -0.271. The van der Waals surface area contributed by atoms with Crippen LogP contribution in [0.15, 0.2) is 54.7 Å². The number of benzene rings is 2. The maximum Gasteiger partial charge on any atom is 0.321 e. The van der Waals surface area contributed by atoms with Crippen LogP contribution < -0.4 is 10.2 Å². The molecule has 1 heterocycles. The lowest BCUT2D eigenvalue weighted by Crippen LogP contribution is -2.51. The monoisotopic (exact) mass is 339 g/mol. The summed E-state index contributed by atoms with van der Waals surface area (Å²) in [5.41, 5.74) is 3.28. The molecule has 25 heavy (non-hydrogen) atoms. The lowest BCUT2D eigenvalue weighted by Gasteiger charge is -2.36. The smallest absolute Gasteiger partial charge is 0.321 e. The summed E-state index contributed by atoms with van der Waals surface area (Å²) < 4.78 is 12.9. The Morgan fingerprint density at radius 1 is 1.08 bits per heavy atom. The largest absolute Gasteiger partial charge is 0.368 e. The second-order valence-electron chi connectivity index (χ2n) is 6.15. The summed E-state index contributed by atoms with van der Waals surface area (Å²) in [7, 11) is 0. The molecule has 0 spiro atoms. The molecule has 0 unspecified atom stereocenters. The third-order valence-electron chi connectivity index (χ3n) is 4.29. The standard InChI is InChI=1S/C20H22FN3O/c1-16-3-2-4-19(15-16)23-11-13-24(14-12-23)20(25)22-10-9-17-5-7-18(21)8-6-17/h2-10,15H,11-14H2,1H3,(H,22,25)/b10-9+. The minimum atomic E-state index is -0.271. The first-order valence-corrected chi connectivity index (χ1v) is 8.41. The van der Waals surface area contributed by atoms with E-state index in [1.165, 1.54) is 23.4 Å². The van der Waals surface area contributed by atoms with Gasteiger partial charge < -0.3 is 15.1 Å². The number of carbonyl (C=O) groups excluding carboxylic acids is 1. The predicted octanol–water partition coefficient (Wildman–Crippen LogP) is 3.64. The number of halogens is 1. The van der Waals surface area contributed by atoms with Crippen LogP contribution in [0, 0.1) is 12.7 Å². The third kappa shape index (κ3) is 4.59. The molecule has 5 heteroatoms. The Morgan fingerprint density at radius 2 is 1.80 bits per heavy atom. The number of nitrogens with zero attached hydrogens (tertiary/aromatic N) is 2. The normalized spacial score (nSPS) is 14.8. The maximum absolute atomic E-state index is 12.9. The van der Waals surface area contributed by atoms with E-state index >= 15 is 0 Å². The van der Waals surface area contributed by atoms with E-state index in [-0.39, 0.29) is 11.8 Å². The lowest BCUT2D eigenvalue weighted by molar-refractivity contribution is 0.198. The molecule has 2 amide bonds. The van der Waals surface area contributed by atoms with E-state index in [0.29, 0.717) is 13.1 Å². The van der Waals surface area contributed by atoms with E-state index in [1.807, 2.05) is 0 Å². The molecule has 0 atom stereocenters. The molecule has 0 saturated carbocycles. The molecule has 2 aromatic rings. The summed E-state index contributed by atoms with van der Waals surface area (Å²) in [5, 5.41) is 2.77. The van der Waals surface area contributed by atoms with Gasteiger partial charge in [-0.15, -0.1) is 0 Å². The molecule has 0 aromatic heterocycles. The zero-order valence-corrected chi connectivity index (χ0v) is 14.3. The van der Waals surface area contributed by atoms with Crippen molar-refractivity contribution >= 4 is 17.8 Å². The summed E-state index contributed by atoms with van der Waals surface area (Å²) in [6.07, 6.45) is 3.35. The van der Waals surface area contributed by atoms with Crippen LogP contribution in [-0.4, -0.2) is 37.1 Å². The number of hydrogen-bond acceptors (Lipinski definition) is 2. The number of anilines is 1. The van der Waals surface area contributed by atoms with Crippen molar-refractivity contribution in [3.63, 3.8) is 0 Å². The Bertz CT molecular complexity index is 750. The fraction of sp³-hybridized carbons (Fsp3) is 0.250. The van der Waals surface area contributed by atoms with Crippen molar-refractivity contribution in [2.75, 3.05) is 31.1 Å². The fourth-order valence-corrected chi connectivity index (χ4v) is 2.87. The van der Waals surface area contributed by atoms with Crippen molar-refractivity contribution in [3.05, 3.63) is 71.7 Å². The van der Waals surface area contributed by atoms with E-state index in [2.05, 4.69) is 41.4 Å². The average molecular weight is 339 g/mol. The van der Waals surface area contributed by atoms with Gasteiger partial charge >= 0.3 is 6.03 Å². The lowest BCUT2D eigenvalue weighted by atomic mass is 10.2. The number of piperazine rings is 1. The van der Waals surface area contributed by atoms with Crippen LogP contribution in [0.4, 0.5) is 14.9 Å². The number of carbonyl (C=O) groups is 1. The van der Waals surface area contributed by atoms with Crippen molar-refractivity contribution in [1.29, 1.82) is 0 Å². The molecule has 1 aliphatic heterocycles. The van der Waals surface area contributed by atoms with Crippen LogP contribution in [0.3, 0.4) is 0 Å². The van der Waals surface area contributed by atoms with Gasteiger partial charge in [-0.3, -0.25) is 0 Å². The van der Waals surface area contributed by atoms with Gasteiger partial charge in [0.1, 0.15) is 5.82 Å². The van der Waals surface area contributed by atoms with Crippen molar-refractivity contribution in [3.8, 4) is 0 Å². The molecule has 1 aliphatic rings. The zero-order chi connectivity index (χ0) is 17.6. The highest BCUT2D eigenvalue weighted by atomic mass is 19.1. The molecule has 4 nitrogen and oxygen atoms in total. The van der Waals surface area contributed by atoms with Crippen LogP contribution in [0.1, 0.15) is 11.1 Å². The van der Waals surface area contributed by atoms with Gasteiger partial charge in [-0.25, -0.2) is 9.18 Å². The Balaban J connectivity index is 1.49. The number of aryl methyl sites for hydroxylation is 1. The zero-order valence-electron chi connectivity index (χ0n) is 14.3. The molecule has 1 N–H and O–H groups in total. The van der Waals surface area contributed by atoms with Gasteiger partial charge in [-0.1, -0.05) is 24.3 Å². The molecule has 1 fully saturated rings. The Morgan fingerprint density at radius 3 is 2.48 bits per heavy atom. The number of nitrogens with one attached hydrogen (secondary N) is 1. The third-order valence-corrected chi connectivity index (χ3v) is 4.29. The number of amides is 2. The van der Waals surface area contributed by atoms with Crippen molar-refractivity contribution < 1.29 is 9.18 Å². The number of rotatable bonds is 3. The fourth-order valence-electron chi connectivity index (χ4n) is 2.87. The Labute approximate surface area is 147 Å². The van der Waals surface area contributed by atoms with E-state index in [0.717, 1.165) is 18.7 Å². The summed E-state index contributed by atoms with van der Waals surface area (Å²) >= 11 is 0. The molecule has 3 rings (SSSR count). The van der Waals surface area contributed by atoms with Crippen molar-refractivity contribution in [2.45, 2.75) is 6.92 Å². The second kappa shape index (κ2) is 7.83. The van der Waals surface area contributed by atoms with Crippen LogP contribution in [0.5, 0.6) is 0 Å². The van der Waals surface area contributed by atoms with Gasteiger partial charge in [-0.05, 0) is 48.4 Å². The van der Waals surface area contributed by atoms with E-state index in [4.69, 9.17) is 0 Å². The van der Waals surface area contributed by atoms with Gasteiger partial charge in [0.05, 0.1) is 0 Å². The van der Waals surface area contributed by atoms with Gasteiger partial charge in [0.25, 0.3) is 0 Å². The first kappa shape index (κ1) is 17.0. The molecule has 2 aromatic carbocycles. The molecule has 0 bridgehead atoms. The van der Waals surface area contributed by atoms with Gasteiger partial charge in [0.15, 0.2) is 0 Å². The van der Waals surface area contributed by atoms with E-state index < -0.39 is 0 Å². The first-order chi connectivity index (χ1) is 12.1. The molecule has 1 saturated heterocycles. The highest BCUT2D eigenvalue weighted by Gasteiger charge is 2.20. The average Bonchev–Trinajstić information content (AvgIpc) is 2.63. The number of urea groups is 1. The Kier molecular flexibility index (Phi) is 5.33. The minimum Gasteiger partial charge on any atom is -0.368 e. The Hall–Kier alpha value is -2.82. The van der Waals surface area contributed by atoms with E-state index in [9.17, 15) is 9.18 Å². The SMILES string of the molecule is Cc1cccc(N2CCN(C(=O)N/C=C/c3ccc(F)cc3)CC2)c1. The molecular formula is C20H22FN3O. The van der Waals surface area contributed by atoms with Crippen LogP contribution in [0.2, 0.25) is 0 Å². The summed E-state index contributed by atoms with van der Waals surface area (Å²) in [6, 6.07) is 14.4. The predicted molar refractivity (Wildman–Crippen MR) is 98.9 cm³/mol. The first-order valence-electron chi connectivity index (χ1n) is 8.41. The summed E-state index contributed by atoms with van der Waals surface area (Å²) in [4.78, 5) is 16.3. The van der Waals surface area contributed by atoms with Crippen molar-refractivity contribution in [2.24, 2.45) is 0 Å². The van der Waals surface area contributed by atoms with Gasteiger partial charge in [0.2, 0.25) is 0 Å². The number of hydrogen-bond donors (Lipinski definition) is 1. The molecular weight excluding hydrogens is 317 g/mol. The van der Waals surface area contributed by atoms with Crippen LogP contribution in [-0.2, 0) is 0 Å². The van der Waals surface area contributed by atoms with Crippen LogP contribution in [0.25, 0.3) is 6.08 Å². The highest BCUT2D eigenvalue weighted by Crippen LogP contribution is 2.17. The molecule has 0 aliphatic carbocycles. The quantitative estimate of drug-likeness (QED) is 0.927.